The quantitative estimate of drug-likeness (QED) is 0.197. The second kappa shape index (κ2) is 10.3. The average molecular weight is 481 g/mol. The van der Waals surface area contributed by atoms with Gasteiger partial charge in [-0.05, 0) is 41.4 Å². The van der Waals surface area contributed by atoms with E-state index in [4.69, 9.17) is 20.5 Å². The van der Waals surface area contributed by atoms with E-state index in [0.29, 0.717) is 6.42 Å². The molecular weight excluding hydrogens is 451 g/mol. The van der Waals surface area contributed by atoms with Crippen LogP contribution in [0, 0.1) is 0 Å². The lowest BCUT2D eigenvalue weighted by atomic mass is 9.93. The summed E-state index contributed by atoms with van der Waals surface area (Å²) in [6, 6.07) is 0. The van der Waals surface area contributed by atoms with Gasteiger partial charge in [-0.25, -0.2) is 15.0 Å². The summed E-state index contributed by atoms with van der Waals surface area (Å²) in [7, 11) is -1.92. The molecule has 1 fully saturated rings. The van der Waals surface area contributed by atoms with Gasteiger partial charge >= 0.3 is 8.03 Å². The zero-order valence-corrected chi connectivity index (χ0v) is 20.0. The molecule has 2 aromatic heterocycles. The van der Waals surface area contributed by atoms with Crippen LogP contribution in [0.15, 0.2) is 11.4 Å². The van der Waals surface area contributed by atoms with E-state index in [1.165, 1.54) is 10.9 Å². The topological polar surface area (TPSA) is 194 Å². The number of aliphatic hydroxyl groups is 2. The van der Waals surface area contributed by atoms with Crippen LogP contribution in [0.25, 0.3) is 21.6 Å². The Morgan fingerprint density at radius 1 is 1.36 bits per heavy atom. The third kappa shape index (κ3) is 4.93. The molecule has 14 heteroatoms. The van der Waals surface area contributed by atoms with Gasteiger partial charge in [0.25, 0.3) is 0 Å². The number of aliphatic hydroxyl groups excluding tert-OH is 2. The minimum atomic E-state index is -1.92. The fourth-order valence-corrected chi connectivity index (χ4v) is 5.30. The molecule has 0 radical (unpaired) electrons. The fraction of sp³-hybridized carbons (Fsp3) is 0.737. The number of nitrogens with two attached hydrogens (primary N) is 1. The lowest BCUT2D eigenvalue weighted by Gasteiger charge is -2.27. The predicted octanol–water partition coefficient (Wildman–Crippen LogP) is 3.48. The molecule has 4 N–H and O–H groups in total. The van der Waals surface area contributed by atoms with Gasteiger partial charge in [-0.2, -0.15) is 0 Å². The molecule has 0 spiro atoms. The molecule has 6 atom stereocenters. The maximum atomic E-state index is 12.7. The number of hydrogen-bond acceptors (Lipinski definition) is 10. The molecule has 3 heterocycles. The molecule has 1 aliphatic heterocycles. The molecule has 3 rings (SSSR count). The number of aromatic nitrogens is 4. The Balaban J connectivity index is 1.90. The van der Waals surface area contributed by atoms with Crippen LogP contribution >= 0.6 is 8.03 Å². The van der Waals surface area contributed by atoms with E-state index in [1.54, 1.807) is 0 Å². The lowest BCUT2D eigenvalue weighted by Crippen LogP contribution is -2.38. The monoisotopic (exact) mass is 481 g/mol. The number of imidazole rings is 1. The van der Waals surface area contributed by atoms with E-state index in [-0.39, 0.29) is 35.0 Å². The van der Waals surface area contributed by atoms with Crippen molar-refractivity contribution in [3.63, 3.8) is 0 Å². The van der Waals surface area contributed by atoms with Crippen molar-refractivity contribution in [2.24, 2.45) is 5.11 Å². The van der Waals surface area contributed by atoms with Gasteiger partial charge in [0.15, 0.2) is 28.9 Å². The Labute approximate surface area is 191 Å². The van der Waals surface area contributed by atoms with E-state index in [0.717, 1.165) is 12.8 Å². The fourth-order valence-electron chi connectivity index (χ4n) is 3.92. The minimum Gasteiger partial charge on any atom is -0.388 e. The molecule has 0 aromatic carbocycles. The number of azide groups is 1. The van der Waals surface area contributed by atoms with Crippen LogP contribution in [-0.2, 0) is 13.8 Å². The smallest absolute Gasteiger partial charge is 0.388 e. The first kappa shape index (κ1) is 25.2. The molecule has 0 bridgehead atoms. The van der Waals surface area contributed by atoms with Crippen molar-refractivity contribution in [2.45, 2.75) is 89.2 Å². The molecular formula is C19H30N8O5P+. The first-order chi connectivity index (χ1) is 15.7. The number of rotatable bonds is 10. The maximum Gasteiger partial charge on any atom is 0.511 e. The highest BCUT2D eigenvalue weighted by molar-refractivity contribution is 7.40. The van der Waals surface area contributed by atoms with E-state index < -0.39 is 38.2 Å². The summed E-state index contributed by atoms with van der Waals surface area (Å²) < 4.78 is 26.0. The SMILES string of the molecule is CCC(CC)[P+](=O)OC(C)(CC)C[C@H]1O[C@H](n2c(N=[N+]=[N-])nc3c(N)ncnc32)[C@H](O)[C@@H]1O. The van der Waals surface area contributed by atoms with Crippen LogP contribution in [0.3, 0.4) is 0 Å². The summed E-state index contributed by atoms with van der Waals surface area (Å²) in [5.74, 6) is -0.0715. The standard InChI is InChI=1S/C19H30N8O5P/c1-5-10(6-2)33(30)32-19(4,7-3)8-11-13(28)14(29)17(31-11)27-16-12(15(20)22-9-23-16)24-18(27)25-26-21/h9-11,13-14,17,28-29H,5-8H2,1-4H3,(H2,20,22,23)/q+1/t11-,13-,14-,17+,19?/m1/s1. The molecule has 0 aliphatic carbocycles. The number of ether oxygens (including phenoxy) is 1. The van der Waals surface area contributed by atoms with Crippen molar-refractivity contribution < 1.29 is 24.0 Å². The highest BCUT2D eigenvalue weighted by Gasteiger charge is 2.49. The highest BCUT2D eigenvalue weighted by Crippen LogP contribution is 2.44. The highest BCUT2D eigenvalue weighted by atomic mass is 31.1. The van der Waals surface area contributed by atoms with Crippen LogP contribution < -0.4 is 5.73 Å². The van der Waals surface area contributed by atoms with Crippen molar-refractivity contribution in [3.8, 4) is 0 Å². The normalized spacial score (nSPS) is 25.2. The second-order valence-corrected chi connectivity index (χ2v) is 9.79. The van der Waals surface area contributed by atoms with Crippen LogP contribution in [0.1, 0.15) is 59.6 Å². The summed E-state index contributed by atoms with van der Waals surface area (Å²) in [5.41, 5.74) is 14.3. The first-order valence-electron chi connectivity index (χ1n) is 10.9. The van der Waals surface area contributed by atoms with Crippen LogP contribution in [0.4, 0.5) is 11.8 Å². The molecule has 0 amide bonds. The van der Waals surface area contributed by atoms with Gasteiger partial charge < -0.3 is 20.7 Å². The Hall–Kier alpha value is -2.40. The molecule has 2 aromatic rings. The number of nitrogens with zero attached hydrogens (tertiary/aromatic N) is 7. The molecule has 13 nitrogen and oxygen atoms in total. The molecule has 0 saturated carbocycles. The van der Waals surface area contributed by atoms with Gasteiger partial charge in [-0.1, -0.05) is 20.8 Å². The van der Waals surface area contributed by atoms with Crippen molar-refractivity contribution >= 4 is 31.0 Å². The summed E-state index contributed by atoms with van der Waals surface area (Å²) in [6.45, 7) is 7.64. The molecule has 2 unspecified atom stereocenters. The summed E-state index contributed by atoms with van der Waals surface area (Å²) in [5, 5.41) is 25.1. The van der Waals surface area contributed by atoms with Crippen LogP contribution in [0.5, 0.6) is 0 Å². The zero-order chi connectivity index (χ0) is 24.3. The Bertz CT molecular complexity index is 1060. The third-order valence-electron chi connectivity index (χ3n) is 6.14. The molecule has 180 valence electrons. The average Bonchev–Trinajstić information content (AvgIpc) is 3.27. The van der Waals surface area contributed by atoms with Gasteiger partial charge in [0, 0.05) is 11.3 Å². The van der Waals surface area contributed by atoms with Gasteiger partial charge in [-0.3, -0.25) is 4.57 Å². The van der Waals surface area contributed by atoms with Crippen LogP contribution in [0.2, 0.25) is 0 Å². The summed E-state index contributed by atoms with van der Waals surface area (Å²) in [6.07, 6.45) is -1.30. The molecule has 1 saturated heterocycles. The van der Waals surface area contributed by atoms with E-state index in [2.05, 4.69) is 25.0 Å². The maximum absolute atomic E-state index is 12.7. The van der Waals surface area contributed by atoms with Crippen molar-refractivity contribution in [2.75, 3.05) is 5.73 Å². The van der Waals surface area contributed by atoms with E-state index in [1.807, 2.05) is 27.7 Å². The van der Waals surface area contributed by atoms with Gasteiger partial charge in [0.05, 0.1) is 6.10 Å². The largest absolute Gasteiger partial charge is 0.511 e. The first-order valence-corrected chi connectivity index (χ1v) is 12.1. The number of anilines is 1. The lowest BCUT2D eigenvalue weighted by molar-refractivity contribution is -0.0615. The van der Waals surface area contributed by atoms with Crippen molar-refractivity contribution in [1.29, 1.82) is 0 Å². The second-order valence-electron chi connectivity index (χ2n) is 8.30. The van der Waals surface area contributed by atoms with E-state index >= 15 is 0 Å². The van der Waals surface area contributed by atoms with Gasteiger partial charge in [-0.15, -0.1) is 4.52 Å². The Morgan fingerprint density at radius 2 is 2.06 bits per heavy atom. The predicted molar refractivity (Wildman–Crippen MR) is 121 cm³/mol. The number of nitrogen functional groups attached to an aromatic ring is 1. The number of hydrogen-bond donors (Lipinski definition) is 3. The Kier molecular flexibility index (Phi) is 7.84. The summed E-state index contributed by atoms with van der Waals surface area (Å²) in [4.78, 5) is 14.9. The molecule has 1 aliphatic rings. The van der Waals surface area contributed by atoms with Crippen molar-refractivity contribution in [3.05, 3.63) is 16.8 Å². The van der Waals surface area contributed by atoms with E-state index in [9.17, 15) is 14.8 Å². The summed E-state index contributed by atoms with van der Waals surface area (Å²) >= 11 is 0. The number of fused-ring (bicyclic) bond motifs is 1. The third-order valence-corrected chi connectivity index (χ3v) is 8.09. The van der Waals surface area contributed by atoms with Crippen LogP contribution in [-0.4, -0.2) is 59.3 Å². The minimum absolute atomic E-state index is 0.0625. The molecule has 33 heavy (non-hydrogen) atoms. The zero-order valence-electron chi connectivity index (χ0n) is 19.1. The Morgan fingerprint density at radius 3 is 2.67 bits per heavy atom. The van der Waals surface area contributed by atoms with Gasteiger partial charge in [0.1, 0.15) is 24.1 Å². The van der Waals surface area contributed by atoms with Gasteiger partial charge in [0.2, 0.25) is 5.95 Å². The van der Waals surface area contributed by atoms with Crippen molar-refractivity contribution in [1.82, 2.24) is 19.5 Å².